The van der Waals surface area contributed by atoms with E-state index < -0.39 is 0 Å². The largest absolute Gasteiger partial charge is 0.370 e. The fourth-order valence-corrected chi connectivity index (χ4v) is 2.62. The van der Waals surface area contributed by atoms with Crippen molar-refractivity contribution < 1.29 is 14.0 Å². The molecule has 0 amide bonds. The number of hydrogen-bond acceptors (Lipinski definition) is 5. The topological polar surface area (TPSA) is 84.3 Å². The maximum absolute atomic E-state index is 12.9. The van der Waals surface area contributed by atoms with Gasteiger partial charge in [0, 0.05) is 6.42 Å². The predicted molar refractivity (Wildman–Crippen MR) is 86.7 cm³/mol. The second-order valence-corrected chi connectivity index (χ2v) is 5.79. The van der Waals surface area contributed by atoms with Gasteiger partial charge in [0.15, 0.2) is 0 Å². The number of ether oxygens (including phenoxy) is 1. The lowest BCUT2D eigenvalue weighted by Crippen LogP contribution is -3.14. The molecular weight excluding hydrogens is 313 g/mol. The lowest BCUT2D eigenvalue weighted by atomic mass is 10.1. The van der Waals surface area contributed by atoms with Crippen molar-refractivity contribution in [1.82, 2.24) is 15.2 Å². The SMILES string of the molecule is O=c1[nH]c(NCC[NH+]2CCOCC2)nnc1Cc1ccc(F)cc1. The van der Waals surface area contributed by atoms with Gasteiger partial charge in [0.1, 0.15) is 24.6 Å². The summed E-state index contributed by atoms with van der Waals surface area (Å²) < 4.78 is 18.2. The van der Waals surface area contributed by atoms with Gasteiger partial charge in [-0.3, -0.25) is 9.78 Å². The van der Waals surface area contributed by atoms with Crippen LogP contribution in [0.4, 0.5) is 10.3 Å². The van der Waals surface area contributed by atoms with Gasteiger partial charge < -0.3 is 15.0 Å². The van der Waals surface area contributed by atoms with Crippen LogP contribution < -0.4 is 15.8 Å². The number of rotatable bonds is 6. The molecule has 128 valence electrons. The van der Waals surface area contributed by atoms with Crippen LogP contribution in [0, 0.1) is 5.82 Å². The third kappa shape index (κ3) is 4.59. The van der Waals surface area contributed by atoms with E-state index in [9.17, 15) is 9.18 Å². The summed E-state index contributed by atoms with van der Waals surface area (Å²) in [6.45, 7) is 5.23. The molecule has 0 aliphatic carbocycles. The Morgan fingerprint density at radius 1 is 1.21 bits per heavy atom. The van der Waals surface area contributed by atoms with Crippen LogP contribution in [0.5, 0.6) is 0 Å². The molecule has 7 nitrogen and oxygen atoms in total. The minimum atomic E-state index is -0.305. The molecule has 0 atom stereocenters. The van der Waals surface area contributed by atoms with Crippen molar-refractivity contribution >= 4 is 5.95 Å². The molecule has 0 unspecified atom stereocenters. The zero-order valence-electron chi connectivity index (χ0n) is 13.3. The maximum atomic E-state index is 12.9. The van der Waals surface area contributed by atoms with Crippen LogP contribution in [-0.4, -0.2) is 54.6 Å². The average Bonchev–Trinajstić information content (AvgIpc) is 2.60. The molecule has 0 saturated carbocycles. The number of quaternary nitrogens is 1. The van der Waals surface area contributed by atoms with E-state index in [4.69, 9.17) is 4.74 Å². The van der Waals surface area contributed by atoms with E-state index in [-0.39, 0.29) is 11.4 Å². The normalized spacial score (nSPS) is 15.4. The van der Waals surface area contributed by atoms with E-state index in [0.717, 1.165) is 38.4 Å². The van der Waals surface area contributed by atoms with E-state index in [0.29, 0.717) is 24.6 Å². The molecule has 0 spiro atoms. The van der Waals surface area contributed by atoms with Gasteiger partial charge in [0.2, 0.25) is 5.95 Å². The summed E-state index contributed by atoms with van der Waals surface area (Å²) in [5.74, 6) is 0.0659. The molecule has 1 aliphatic heterocycles. The number of benzene rings is 1. The zero-order chi connectivity index (χ0) is 16.8. The Hall–Kier alpha value is -2.32. The summed E-state index contributed by atoms with van der Waals surface area (Å²) in [6.07, 6.45) is 0.320. The van der Waals surface area contributed by atoms with Gasteiger partial charge in [-0.1, -0.05) is 12.1 Å². The second-order valence-electron chi connectivity index (χ2n) is 5.79. The number of morpholine rings is 1. The lowest BCUT2D eigenvalue weighted by Gasteiger charge is -2.23. The fourth-order valence-electron chi connectivity index (χ4n) is 2.62. The smallest absolute Gasteiger partial charge is 0.274 e. The summed E-state index contributed by atoms with van der Waals surface area (Å²) in [4.78, 5) is 16.2. The van der Waals surface area contributed by atoms with Gasteiger partial charge in [-0.2, -0.15) is 0 Å². The number of anilines is 1. The van der Waals surface area contributed by atoms with Crippen LogP contribution in [0.25, 0.3) is 0 Å². The van der Waals surface area contributed by atoms with E-state index in [1.807, 2.05) is 0 Å². The van der Waals surface area contributed by atoms with Crippen molar-refractivity contribution in [2.75, 3.05) is 44.7 Å². The monoisotopic (exact) mass is 334 g/mol. The minimum Gasteiger partial charge on any atom is -0.370 e. The summed E-state index contributed by atoms with van der Waals surface area (Å²) in [6, 6.07) is 5.99. The lowest BCUT2D eigenvalue weighted by molar-refractivity contribution is -0.906. The molecule has 3 N–H and O–H groups in total. The Morgan fingerprint density at radius 3 is 2.67 bits per heavy atom. The number of aromatic nitrogens is 3. The quantitative estimate of drug-likeness (QED) is 0.646. The maximum Gasteiger partial charge on any atom is 0.274 e. The highest BCUT2D eigenvalue weighted by Crippen LogP contribution is 2.06. The first-order valence-electron chi connectivity index (χ1n) is 8.06. The van der Waals surface area contributed by atoms with Crippen LogP contribution in [-0.2, 0) is 11.2 Å². The molecule has 3 rings (SSSR count). The Bertz CT molecular complexity index is 713. The van der Waals surface area contributed by atoms with E-state index >= 15 is 0 Å². The first-order chi connectivity index (χ1) is 11.7. The van der Waals surface area contributed by atoms with Crippen molar-refractivity contribution in [2.24, 2.45) is 0 Å². The van der Waals surface area contributed by atoms with E-state index in [1.54, 1.807) is 12.1 Å². The van der Waals surface area contributed by atoms with E-state index in [2.05, 4.69) is 20.5 Å². The highest BCUT2D eigenvalue weighted by atomic mass is 19.1. The molecule has 0 bridgehead atoms. The van der Waals surface area contributed by atoms with Crippen LogP contribution in [0.3, 0.4) is 0 Å². The first kappa shape index (κ1) is 16.5. The Morgan fingerprint density at radius 2 is 1.96 bits per heavy atom. The molecule has 1 aromatic heterocycles. The number of nitrogens with zero attached hydrogens (tertiary/aromatic N) is 2. The minimum absolute atomic E-state index is 0.282. The Labute approximate surface area is 138 Å². The van der Waals surface area contributed by atoms with Gasteiger partial charge in [0.05, 0.1) is 26.3 Å². The molecule has 0 radical (unpaired) electrons. The number of nitrogens with one attached hydrogen (secondary N) is 3. The second kappa shape index (κ2) is 7.98. The number of hydrogen-bond donors (Lipinski definition) is 3. The number of H-pyrrole nitrogens is 1. The molecule has 1 aromatic carbocycles. The molecule has 1 saturated heterocycles. The average molecular weight is 334 g/mol. The van der Waals surface area contributed by atoms with Crippen LogP contribution in [0.2, 0.25) is 0 Å². The first-order valence-corrected chi connectivity index (χ1v) is 8.06. The van der Waals surface area contributed by atoms with Gasteiger partial charge in [0.25, 0.3) is 5.56 Å². The summed E-state index contributed by atoms with van der Waals surface area (Å²) in [5, 5.41) is 11.1. The molecular formula is C16H21FN5O2+. The molecule has 1 fully saturated rings. The molecule has 24 heavy (non-hydrogen) atoms. The third-order valence-electron chi connectivity index (χ3n) is 4.02. The van der Waals surface area contributed by atoms with Crippen LogP contribution in [0.15, 0.2) is 29.1 Å². The van der Waals surface area contributed by atoms with E-state index in [1.165, 1.54) is 17.0 Å². The predicted octanol–water partition coefficient (Wildman–Crippen LogP) is -0.778. The van der Waals surface area contributed by atoms with Gasteiger partial charge in [-0.25, -0.2) is 4.39 Å². The van der Waals surface area contributed by atoms with Crippen molar-refractivity contribution in [3.05, 3.63) is 51.7 Å². The van der Waals surface area contributed by atoms with Gasteiger partial charge >= 0.3 is 0 Å². The van der Waals surface area contributed by atoms with Crippen molar-refractivity contribution in [3.8, 4) is 0 Å². The van der Waals surface area contributed by atoms with Crippen molar-refractivity contribution in [3.63, 3.8) is 0 Å². The highest BCUT2D eigenvalue weighted by Gasteiger charge is 2.13. The summed E-state index contributed by atoms with van der Waals surface area (Å²) in [5.41, 5.74) is 0.842. The Balaban J connectivity index is 1.54. The molecule has 2 heterocycles. The molecule has 2 aromatic rings. The zero-order valence-corrected chi connectivity index (χ0v) is 13.3. The Kier molecular flexibility index (Phi) is 5.50. The fraction of sp³-hybridized carbons (Fsp3) is 0.438. The summed E-state index contributed by atoms with van der Waals surface area (Å²) >= 11 is 0. The van der Waals surface area contributed by atoms with Gasteiger partial charge in [-0.15, -0.1) is 10.2 Å². The van der Waals surface area contributed by atoms with Gasteiger partial charge in [-0.05, 0) is 17.7 Å². The third-order valence-corrected chi connectivity index (χ3v) is 4.02. The van der Waals surface area contributed by atoms with Crippen molar-refractivity contribution in [2.45, 2.75) is 6.42 Å². The van der Waals surface area contributed by atoms with Crippen LogP contribution >= 0.6 is 0 Å². The number of halogens is 1. The standard InChI is InChI=1S/C16H20FN5O2/c17-13-3-1-12(2-4-13)11-14-15(23)19-16(21-20-14)18-5-6-22-7-9-24-10-8-22/h1-4H,5-11H2,(H2,18,19,21,23)/p+1. The molecule has 1 aliphatic rings. The van der Waals surface area contributed by atoms with Crippen LogP contribution in [0.1, 0.15) is 11.3 Å². The van der Waals surface area contributed by atoms with Crippen molar-refractivity contribution in [1.29, 1.82) is 0 Å². The summed E-state index contributed by atoms with van der Waals surface area (Å²) in [7, 11) is 0. The number of aromatic amines is 1. The highest BCUT2D eigenvalue weighted by molar-refractivity contribution is 5.24. The molecule has 8 heteroatoms.